The van der Waals surface area contributed by atoms with Crippen LogP contribution in [0.3, 0.4) is 0 Å². The van der Waals surface area contributed by atoms with E-state index in [0.717, 1.165) is 42.6 Å². The van der Waals surface area contributed by atoms with Crippen molar-refractivity contribution in [3.63, 3.8) is 0 Å². The standard InChI is InChI=1S/C27H32F2N4O2/c1-19(2)31-13-8-21(9-14-31)35-22-6-7-23-20(17-22)18-24(33(23)25-5-3-4-12-30-25)26(34)32-15-10-27(28,29)11-16-32/h3-7,12,17-19,21H,8-11,13-16H2,1-2H3. The summed E-state index contributed by atoms with van der Waals surface area (Å²) in [5.41, 5.74) is 1.25. The van der Waals surface area contributed by atoms with Crippen molar-refractivity contribution in [2.45, 2.75) is 57.6 Å². The summed E-state index contributed by atoms with van der Waals surface area (Å²) in [5.74, 6) is -1.58. The van der Waals surface area contributed by atoms with Crippen LogP contribution in [0.25, 0.3) is 16.7 Å². The third-order valence-electron chi connectivity index (χ3n) is 7.16. The van der Waals surface area contributed by atoms with E-state index in [1.807, 2.05) is 47.0 Å². The van der Waals surface area contributed by atoms with Crippen molar-refractivity contribution in [1.29, 1.82) is 0 Å². The Morgan fingerprint density at radius 2 is 1.80 bits per heavy atom. The van der Waals surface area contributed by atoms with Gasteiger partial charge < -0.3 is 14.5 Å². The average Bonchev–Trinajstić information content (AvgIpc) is 3.23. The summed E-state index contributed by atoms with van der Waals surface area (Å²) in [6.07, 6.45) is 3.18. The van der Waals surface area contributed by atoms with Gasteiger partial charge >= 0.3 is 0 Å². The zero-order chi connectivity index (χ0) is 24.6. The highest BCUT2D eigenvalue weighted by atomic mass is 19.3. The van der Waals surface area contributed by atoms with Crippen LogP contribution in [0, 0.1) is 0 Å². The van der Waals surface area contributed by atoms with Gasteiger partial charge in [0.25, 0.3) is 11.8 Å². The lowest BCUT2D eigenvalue weighted by Crippen LogP contribution is -2.43. The Bertz CT molecular complexity index is 1180. The van der Waals surface area contributed by atoms with Crippen molar-refractivity contribution in [2.24, 2.45) is 0 Å². The first kappa shape index (κ1) is 23.7. The van der Waals surface area contributed by atoms with E-state index in [0.29, 0.717) is 17.6 Å². The number of carbonyl (C=O) groups excluding carboxylic acids is 1. The molecule has 4 heterocycles. The Labute approximate surface area is 204 Å². The molecule has 2 saturated heterocycles. The Kier molecular flexibility index (Phi) is 6.49. The fourth-order valence-corrected chi connectivity index (χ4v) is 5.06. The van der Waals surface area contributed by atoms with Crippen molar-refractivity contribution in [1.82, 2.24) is 19.4 Å². The number of amides is 1. The minimum atomic E-state index is -2.71. The molecular formula is C27H32F2N4O2. The molecule has 1 aromatic carbocycles. The van der Waals surface area contributed by atoms with Crippen molar-refractivity contribution in [3.8, 4) is 11.6 Å². The maximum absolute atomic E-state index is 13.7. The maximum Gasteiger partial charge on any atom is 0.270 e. The summed E-state index contributed by atoms with van der Waals surface area (Å²) in [7, 11) is 0. The van der Waals surface area contributed by atoms with Crippen molar-refractivity contribution in [2.75, 3.05) is 26.2 Å². The van der Waals surface area contributed by atoms with Crippen LogP contribution in [-0.4, -0.2) is 69.5 Å². The van der Waals surface area contributed by atoms with Crippen LogP contribution >= 0.6 is 0 Å². The highest BCUT2D eigenvalue weighted by Gasteiger charge is 2.36. The molecule has 186 valence electrons. The molecule has 6 nitrogen and oxygen atoms in total. The largest absolute Gasteiger partial charge is 0.490 e. The molecule has 0 aliphatic carbocycles. The van der Waals surface area contributed by atoms with Gasteiger partial charge in [-0.25, -0.2) is 13.8 Å². The molecule has 0 atom stereocenters. The molecular weight excluding hydrogens is 450 g/mol. The van der Waals surface area contributed by atoms with Crippen LogP contribution in [0.1, 0.15) is 50.0 Å². The van der Waals surface area contributed by atoms with Crippen LogP contribution in [0.15, 0.2) is 48.7 Å². The lowest BCUT2D eigenvalue weighted by Gasteiger charge is -2.34. The second-order valence-corrected chi connectivity index (χ2v) is 9.87. The number of halogens is 2. The minimum Gasteiger partial charge on any atom is -0.490 e. The van der Waals surface area contributed by atoms with Gasteiger partial charge in [0, 0.05) is 56.6 Å². The molecule has 0 N–H and O–H groups in total. The number of alkyl halides is 2. The van der Waals surface area contributed by atoms with Gasteiger partial charge in [-0.2, -0.15) is 0 Å². The first-order valence-corrected chi connectivity index (χ1v) is 12.5. The molecule has 0 saturated carbocycles. The molecule has 2 aromatic heterocycles. The molecule has 0 spiro atoms. The quantitative estimate of drug-likeness (QED) is 0.505. The van der Waals surface area contributed by atoms with Gasteiger partial charge in [0.15, 0.2) is 0 Å². The molecule has 2 aliphatic heterocycles. The van der Waals surface area contributed by atoms with Crippen LogP contribution in [0.4, 0.5) is 8.78 Å². The third kappa shape index (κ3) is 5.03. The van der Waals surface area contributed by atoms with Gasteiger partial charge in [0.1, 0.15) is 23.4 Å². The number of ether oxygens (including phenoxy) is 1. The summed E-state index contributed by atoms with van der Waals surface area (Å²) in [4.78, 5) is 21.9. The first-order valence-electron chi connectivity index (χ1n) is 12.5. The van der Waals surface area contributed by atoms with E-state index in [1.165, 1.54) is 4.90 Å². The van der Waals surface area contributed by atoms with Gasteiger partial charge in [-0.1, -0.05) is 6.07 Å². The third-order valence-corrected chi connectivity index (χ3v) is 7.16. The zero-order valence-electron chi connectivity index (χ0n) is 20.3. The van der Waals surface area contributed by atoms with Gasteiger partial charge in [0.2, 0.25) is 0 Å². The number of carbonyl (C=O) groups is 1. The molecule has 2 aliphatic rings. The van der Waals surface area contributed by atoms with Crippen molar-refractivity contribution >= 4 is 16.8 Å². The van der Waals surface area contributed by atoms with Crippen LogP contribution in [-0.2, 0) is 0 Å². The number of likely N-dealkylation sites (tertiary alicyclic amines) is 2. The molecule has 35 heavy (non-hydrogen) atoms. The lowest BCUT2D eigenvalue weighted by molar-refractivity contribution is -0.0495. The summed E-state index contributed by atoms with van der Waals surface area (Å²) in [5, 5.41) is 0.860. The number of aromatic nitrogens is 2. The van der Waals surface area contributed by atoms with Gasteiger partial charge in [0.05, 0.1) is 5.52 Å². The predicted octanol–water partition coefficient (Wildman–Crippen LogP) is 5.15. The Morgan fingerprint density at radius 1 is 1.06 bits per heavy atom. The van der Waals surface area contributed by atoms with E-state index < -0.39 is 5.92 Å². The van der Waals surface area contributed by atoms with E-state index in [4.69, 9.17) is 4.74 Å². The second kappa shape index (κ2) is 9.57. The van der Waals surface area contributed by atoms with E-state index in [9.17, 15) is 13.6 Å². The molecule has 2 fully saturated rings. The number of piperidine rings is 2. The SMILES string of the molecule is CC(C)N1CCC(Oc2ccc3c(c2)cc(C(=O)N2CCC(F)(F)CC2)n3-c2ccccn2)CC1. The summed E-state index contributed by atoms with van der Waals surface area (Å²) in [6, 6.07) is 13.7. The highest BCUT2D eigenvalue weighted by Crippen LogP contribution is 2.32. The first-order chi connectivity index (χ1) is 16.8. The molecule has 0 bridgehead atoms. The van der Waals surface area contributed by atoms with E-state index in [-0.39, 0.29) is 37.9 Å². The highest BCUT2D eigenvalue weighted by molar-refractivity contribution is 6.00. The molecule has 5 rings (SSSR count). The number of hydrogen-bond acceptors (Lipinski definition) is 4. The Balaban J connectivity index is 1.43. The van der Waals surface area contributed by atoms with E-state index >= 15 is 0 Å². The summed E-state index contributed by atoms with van der Waals surface area (Å²) < 4.78 is 35.5. The zero-order valence-corrected chi connectivity index (χ0v) is 20.3. The molecule has 0 unspecified atom stereocenters. The van der Waals surface area contributed by atoms with Gasteiger partial charge in [-0.15, -0.1) is 0 Å². The van der Waals surface area contributed by atoms with Crippen LogP contribution in [0.2, 0.25) is 0 Å². The summed E-state index contributed by atoms with van der Waals surface area (Å²) in [6.45, 7) is 6.56. The van der Waals surface area contributed by atoms with Gasteiger partial charge in [-0.3, -0.25) is 9.36 Å². The van der Waals surface area contributed by atoms with Crippen LogP contribution < -0.4 is 4.74 Å². The number of rotatable bonds is 5. The molecule has 1 amide bonds. The van der Waals surface area contributed by atoms with Crippen LogP contribution in [0.5, 0.6) is 5.75 Å². The van der Waals surface area contributed by atoms with Crippen molar-refractivity contribution < 1.29 is 18.3 Å². The lowest BCUT2D eigenvalue weighted by atomic mass is 10.1. The minimum absolute atomic E-state index is 0.0407. The Morgan fingerprint density at radius 3 is 2.46 bits per heavy atom. The maximum atomic E-state index is 13.7. The molecule has 3 aromatic rings. The number of fused-ring (bicyclic) bond motifs is 1. The topological polar surface area (TPSA) is 50.6 Å². The smallest absolute Gasteiger partial charge is 0.270 e. The monoisotopic (exact) mass is 482 g/mol. The normalized spacial score (nSPS) is 19.4. The number of benzene rings is 1. The number of hydrogen-bond donors (Lipinski definition) is 0. The molecule has 8 heteroatoms. The molecule has 0 radical (unpaired) electrons. The van der Waals surface area contributed by atoms with E-state index in [2.05, 4.69) is 23.7 Å². The summed E-state index contributed by atoms with van der Waals surface area (Å²) >= 11 is 0. The number of nitrogens with zero attached hydrogens (tertiary/aromatic N) is 4. The van der Waals surface area contributed by atoms with Gasteiger partial charge in [-0.05, 0) is 63.1 Å². The average molecular weight is 483 g/mol. The Hall–Kier alpha value is -3.00. The van der Waals surface area contributed by atoms with E-state index in [1.54, 1.807) is 6.20 Å². The second-order valence-electron chi connectivity index (χ2n) is 9.87. The number of pyridine rings is 1. The predicted molar refractivity (Wildman–Crippen MR) is 132 cm³/mol. The fraction of sp³-hybridized carbons (Fsp3) is 0.481. The van der Waals surface area contributed by atoms with Crippen molar-refractivity contribution in [3.05, 3.63) is 54.4 Å². The fourth-order valence-electron chi connectivity index (χ4n) is 5.06.